The first-order valence-electron chi connectivity index (χ1n) is 6.54. The molecule has 2 aliphatic heterocycles. The van der Waals surface area contributed by atoms with Gasteiger partial charge in [0.25, 0.3) is 0 Å². The third-order valence-corrected chi connectivity index (χ3v) is 3.49. The van der Waals surface area contributed by atoms with Crippen LogP contribution in [-0.2, 0) is 4.74 Å². The van der Waals surface area contributed by atoms with Gasteiger partial charge in [0.2, 0.25) is 0 Å². The Hall–Kier alpha value is -0.120. The lowest BCUT2D eigenvalue weighted by Gasteiger charge is -2.28. The van der Waals surface area contributed by atoms with E-state index < -0.39 is 0 Å². The van der Waals surface area contributed by atoms with Crippen LogP contribution in [0.25, 0.3) is 0 Å². The Morgan fingerprint density at radius 1 is 1.33 bits per heavy atom. The molecule has 0 aromatic rings. The number of fused-ring (bicyclic) bond motifs is 1. The van der Waals surface area contributed by atoms with Gasteiger partial charge in [-0.1, -0.05) is 26.2 Å². The van der Waals surface area contributed by atoms with Gasteiger partial charge in [-0.05, 0) is 19.3 Å². The second-order valence-corrected chi connectivity index (χ2v) is 4.77. The van der Waals surface area contributed by atoms with Crippen LogP contribution in [0.4, 0.5) is 0 Å². The topological polar surface area (TPSA) is 24.5 Å². The molecule has 0 aromatic heterocycles. The van der Waals surface area contributed by atoms with E-state index in [-0.39, 0.29) is 0 Å². The van der Waals surface area contributed by atoms with Crippen LogP contribution in [0, 0.1) is 0 Å². The number of hydrogen-bond donors (Lipinski definition) is 1. The van der Waals surface area contributed by atoms with Crippen molar-refractivity contribution < 1.29 is 4.74 Å². The van der Waals surface area contributed by atoms with Crippen LogP contribution >= 0.6 is 0 Å². The predicted octanol–water partition coefficient (Wildman–Crippen LogP) is 2.28. The van der Waals surface area contributed by atoms with Gasteiger partial charge in [0, 0.05) is 25.6 Å². The Morgan fingerprint density at radius 2 is 2.27 bits per heavy atom. The molecule has 2 atom stereocenters. The highest BCUT2D eigenvalue weighted by molar-refractivity contribution is 4.82. The van der Waals surface area contributed by atoms with Gasteiger partial charge in [-0.2, -0.15) is 0 Å². The van der Waals surface area contributed by atoms with Crippen molar-refractivity contribution in [3.8, 4) is 0 Å². The highest BCUT2D eigenvalue weighted by atomic mass is 16.5. The summed E-state index contributed by atoms with van der Waals surface area (Å²) < 4.78 is 5.84. The molecular formula is C12H24N2O. The average molecular weight is 212 g/mol. The van der Waals surface area contributed by atoms with Crippen LogP contribution in [0.1, 0.15) is 51.9 Å². The zero-order chi connectivity index (χ0) is 10.5. The molecule has 2 saturated heterocycles. The lowest BCUT2D eigenvalue weighted by molar-refractivity contribution is 0.0132. The lowest BCUT2D eigenvalue weighted by atomic mass is 10.0. The normalized spacial score (nSPS) is 31.8. The third kappa shape index (κ3) is 3.16. The fraction of sp³-hybridized carbons (Fsp3) is 1.00. The van der Waals surface area contributed by atoms with Crippen LogP contribution < -0.4 is 5.43 Å². The van der Waals surface area contributed by atoms with Gasteiger partial charge in [-0.25, -0.2) is 10.4 Å². The van der Waals surface area contributed by atoms with Crippen LogP contribution in [-0.4, -0.2) is 30.4 Å². The molecule has 0 spiro atoms. The van der Waals surface area contributed by atoms with E-state index in [0.717, 1.165) is 12.6 Å². The smallest absolute Gasteiger partial charge is 0.122 e. The van der Waals surface area contributed by atoms with Crippen LogP contribution in [0.5, 0.6) is 0 Å². The number of nitrogens with one attached hydrogen (secondary N) is 1. The molecule has 3 nitrogen and oxygen atoms in total. The average Bonchev–Trinajstić information content (AvgIpc) is 2.67. The fourth-order valence-electron chi connectivity index (χ4n) is 2.58. The minimum Gasteiger partial charge on any atom is -0.362 e. The maximum Gasteiger partial charge on any atom is 0.122 e. The molecule has 2 heterocycles. The van der Waals surface area contributed by atoms with Gasteiger partial charge in [0.05, 0.1) is 0 Å². The Balaban J connectivity index is 1.63. The summed E-state index contributed by atoms with van der Waals surface area (Å²) in [5.41, 5.74) is 3.48. The van der Waals surface area contributed by atoms with Crippen molar-refractivity contribution in [3.05, 3.63) is 0 Å². The van der Waals surface area contributed by atoms with E-state index in [4.69, 9.17) is 4.74 Å². The van der Waals surface area contributed by atoms with Crippen LogP contribution in [0.15, 0.2) is 0 Å². The molecular weight excluding hydrogens is 188 g/mol. The van der Waals surface area contributed by atoms with Gasteiger partial charge in [0.15, 0.2) is 0 Å². The summed E-state index contributed by atoms with van der Waals surface area (Å²) in [7, 11) is 0. The minimum atomic E-state index is 0.296. The Kier molecular flexibility index (Phi) is 4.42. The summed E-state index contributed by atoms with van der Waals surface area (Å²) in [6, 6.07) is 0.745. The van der Waals surface area contributed by atoms with E-state index in [0.29, 0.717) is 6.23 Å². The van der Waals surface area contributed by atoms with Crippen LogP contribution in [0.2, 0.25) is 0 Å². The number of unbranched alkanes of at least 4 members (excludes halogenated alkanes) is 2. The van der Waals surface area contributed by atoms with Crippen molar-refractivity contribution in [2.75, 3.05) is 13.2 Å². The number of rotatable bonds is 5. The number of hydrogen-bond acceptors (Lipinski definition) is 3. The van der Waals surface area contributed by atoms with Crippen LogP contribution in [0.3, 0.4) is 0 Å². The van der Waals surface area contributed by atoms with Crippen molar-refractivity contribution in [3.63, 3.8) is 0 Å². The molecule has 1 N–H and O–H groups in total. The van der Waals surface area contributed by atoms with Crippen molar-refractivity contribution in [2.45, 2.75) is 64.1 Å². The van der Waals surface area contributed by atoms with E-state index >= 15 is 0 Å². The number of nitrogens with zero attached hydrogens (tertiary/aromatic N) is 1. The van der Waals surface area contributed by atoms with Gasteiger partial charge in [-0.15, -0.1) is 0 Å². The summed E-state index contributed by atoms with van der Waals surface area (Å²) in [4.78, 5) is 0. The maximum atomic E-state index is 5.84. The second kappa shape index (κ2) is 5.83. The molecule has 2 fully saturated rings. The summed E-state index contributed by atoms with van der Waals surface area (Å²) in [5, 5.41) is 2.40. The summed E-state index contributed by atoms with van der Waals surface area (Å²) in [5.74, 6) is 0. The Bertz CT molecular complexity index is 172. The Morgan fingerprint density at radius 3 is 3.07 bits per heavy atom. The SMILES string of the molecule is CCCCCOC1CC2CCCCN2N1. The summed E-state index contributed by atoms with van der Waals surface area (Å²) >= 11 is 0. The molecule has 0 radical (unpaired) electrons. The molecule has 2 aliphatic rings. The number of ether oxygens (including phenoxy) is 1. The lowest BCUT2D eigenvalue weighted by Crippen LogP contribution is -2.42. The zero-order valence-corrected chi connectivity index (χ0v) is 9.87. The maximum absolute atomic E-state index is 5.84. The summed E-state index contributed by atoms with van der Waals surface area (Å²) in [6.07, 6.45) is 9.34. The van der Waals surface area contributed by atoms with E-state index in [1.165, 1.54) is 51.5 Å². The highest BCUT2D eigenvalue weighted by Crippen LogP contribution is 2.25. The van der Waals surface area contributed by atoms with Crippen molar-refractivity contribution in [2.24, 2.45) is 0 Å². The quantitative estimate of drug-likeness (QED) is 0.708. The molecule has 3 heteroatoms. The molecule has 15 heavy (non-hydrogen) atoms. The van der Waals surface area contributed by atoms with Gasteiger partial charge < -0.3 is 4.74 Å². The van der Waals surface area contributed by atoms with Crippen molar-refractivity contribution >= 4 is 0 Å². The first-order valence-corrected chi connectivity index (χ1v) is 6.54. The molecule has 0 amide bonds. The molecule has 0 bridgehead atoms. The molecule has 88 valence electrons. The van der Waals surface area contributed by atoms with Crippen molar-refractivity contribution in [1.82, 2.24) is 10.4 Å². The standard InChI is InChI=1S/C12H24N2O/c1-2-3-6-9-15-12-10-11-7-4-5-8-14(11)13-12/h11-13H,2-10H2,1H3. The molecule has 0 aromatic carbocycles. The zero-order valence-electron chi connectivity index (χ0n) is 9.87. The van der Waals surface area contributed by atoms with Gasteiger partial charge in [0.1, 0.15) is 6.23 Å². The Labute approximate surface area is 93.1 Å². The number of hydrazine groups is 1. The summed E-state index contributed by atoms with van der Waals surface area (Å²) in [6.45, 7) is 4.36. The number of piperidine rings is 1. The first kappa shape index (κ1) is 11.4. The highest BCUT2D eigenvalue weighted by Gasteiger charge is 2.33. The fourth-order valence-corrected chi connectivity index (χ4v) is 2.58. The largest absolute Gasteiger partial charge is 0.362 e. The monoisotopic (exact) mass is 212 g/mol. The van der Waals surface area contributed by atoms with E-state index in [9.17, 15) is 0 Å². The molecule has 0 saturated carbocycles. The predicted molar refractivity (Wildman–Crippen MR) is 61.4 cm³/mol. The third-order valence-electron chi connectivity index (χ3n) is 3.49. The van der Waals surface area contributed by atoms with E-state index in [1.807, 2.05) is 0 Å². The van der Waals surface area contributed by atoms with E-state index in [1.54, 1.807) is 0 Å². The molecule has 2 rings (SSSR count). The first-order chi connectivity index (χ1) is 7.40. The second-order valence-electron chi connectivity index (χ2n) is 4.77. The van der Waals surface area contributed by atoms with E-state index in [2.05, 4.69) is 17.4 Å². The van der Waals surface area contributed by atoms with Crippen molar-refractivity contribution in [1.29, 1.82) is 0 Å². The van der Waals surface area contributed by atoms with Gasteiger partial charge in [-0.3, -0.25) is 0 Å². The van der Waals surface area contributed by atoms with Gasteiger partial charge >= 0.3 is 0 Å². The molecule has 0 aliphatic carbocycles. The molecule has 2 unspecified atom stereocenters. The minimum absolute atomic E-state index is 0.296.